The van der Waals surface area contributed by atoms with Gasteiger partial charge in [0.25, 0.3) is 5.91 Å². The number of hydrogen-bond acceptors (Lipinski definition) is 5. The van der Waals surface area contributed by atoms with Crippen LogP contribution >= 0.6 is 0 Å². The van der Waals surface area contributed by atoms with Crippen LogP contribution in [0.3, 0.4) is 0 Å². The van der Waals surface area contributed by atoms with Gasteiger partial charge in [-0.15, -0.1) is 0 Å². The normalized spacial score (nSPS) is 18.6. The lowest BCUT2D eigenvalue weighted by molar-refractivity contribution is 0.0821. The predicted octanol–water partition coefficient (Wildman–Crippen LogP) is 1.10. The molecule has 2 heterocycles. The summed E-state index contributed by atoms with van der Waals surface area (Å²) in [6, 6.07) is 0. The van der Waals surface area contributed by atoms with E-state index in [4.69, 9.17) is 0 Å². The lowest BCUT2D eigenvalue weighted by Gasteiger charge is -2.47. The zero-order valence-corrected chi connectivity index (χ0v) is 13.6. The van der Waals surface area contributed by atoms with Crippen molar-refractivity contribution in [2.24, 2.45) is 0 Å². The van der Waals surface area contributed by atoms with E-state index >= 15 is 0 Å². The molecule has 21 heavy (non-hydrogen) atoms. The van der Waals surface area contributed by atoms with Gasteiger partial charge in [-0.3, -0.25) is 14.7 Å². The number of piperazine rings is 1. The summed E-state index contributed by atoms with van der Waals surface area (Å²) in [5.41, 5.74) is 0.490. The molecule has 0 N–H and O–H groups in total. The summed E-state index contributed by atoms with van der Waals surface area (Å²) in [5, 5.41) is 0. The van der Waals surface area contributed by atoms with Crippen LogP contribution in [-0.4, -0.2) is 71.5 Å². The molecule has 1 aromatic rings. The first-order valence-electron chi connectivity index (χ1n) is 7.39. The Balaban J connectivity index is 2.20. The lowest BCUT2D eigenvalue weighted by Crippen LogP contribution is -2.59. The van der Waals surface area contributed by atoms with Crippen LogP contribution in [0, 0.1) is 0 Å². The highest BCUT2D eigenvalue weighted by atomic mass is 16.2. The number of likely N-dealkylation sites (N-methyl/N-ethyl adjacent to an activating group) is 1. The Morgan fingerprint density at radius 1 is 1.33 bits per heavy atom. The van der Waals surface area contributed by atoms with Crippen LogP contribution in [0.5, 0.6) is 0 Å². The van der Waals surface area contributed by atoms with Crippen molar-refractivity contribution >= 4 is 11.7 Å². The van der Waals surface area contributed by atoms with Gasteiger partial charge < -0.3 is 9.80 Å². The number of amides is 1. The summed E-state index contributed by atoms with van der Waals surface area (Å²) in [7, 11) is 3.44. The molecule has 1 saturated heterocycles. The monoisotopic (exact) mass is 291 g/mol. The molecular weight excluding hydrogens is 266 g/mol. The summed E-state index contributed by atoms with van der Waals surface area (Å²) < 4.78 is 0. The largest absolute Gasteiger partial charge is 0.352 e. The highest BCUT2D eigenvalue weighted by molar-refractivity contribution is 5.91. The van der Waals surface area contributed by atoms with Crippen molar-refractivity contribution in [3.8, 4) is 0 Å². The summed E-state index contributed by atoms with van der Waals surface area (Å²) in [6.07, 6.45) is 3.27. The molecule has 0 unspecified atom stereocenters. The van der Waals surface area contributed by atoms with Crippen LogP contribution in [0.2, 0.25) is 0 Å². The third-order valence-electron chi connectivity index (χ3n) is 4.03. The molecule has 1 aliphatic rings. The van der Waals surface area contributed by atoms with E-state index in [1.54, 1.807) is 20.3 Å². The average molecular weight is 291 g/mol. The molecule has 0 radical (unpaired) electrons. The zero-order valence-electron chi connectivity index (χ0n) is 13.6. The van der Waals surface area contributed by atoms with E-state index in [-0.39, 0.29) is 11.4 Å². The predicted molar refractivity (Wildman–Crippen MR) is 83.6 cm³/mol. The van der Waals surface area contributed by atoms with Crippen molar-refractivity contribution in [1.29, 1.82) is 0 Å². The van der Waals surface area contributed by atoms with Crippen molar-refractivity contribution in [1.82, 2.24) is 19.8 Å². The molecule has 116 valence electrons. The van der Waals surface area contributed by atoms with E-state index < -0.39 is 0 Å². The quantitative estimate of drug-likeness (QED) is 0.835. The third-order valence-corrected chi connectivity index (χ3v) is 4.03. The summed E-state index contributed by atoms with van der Waals surface area (Å²) in [4.78, 5) is 26.9. The van der Waals surface area contributed by atoms with E-state index in [9.17, 15) is 4.79 Å². The minimum absolute atomic E-state index is 0.0935. The van der Waals surface area contributed by atoms with Gasteiger partial charge in [0, 0.05) is 39.3 Å². The van der Waals surface area contributed by atoms with Crippen LogP contribution < -0.4 is 4.90 Å². The maximum Gasteiger partial charge on any atom is 0.273 e. The van der Waals surface area contributed by atoms with Gasteiger partial charge in [0.05, 0.1) is 12.4 Å². The number of rotatable bonds is 3. The van der Waals surface area contributed by atoms with Crippen molar-refractivity contribution in [2.75, 3.05) is 45.2 Å². The van der Waals surface area contributed by atoms with Crippen LogP contribution in [0.15, 0.2) is 12.4 Å². The highest BCUT2D eigenvalue weighted by Crippen LogP contribution is 2.23. The maximum absolute atomic E-state index is 12.0. The smallest absolute Gasteiger partial charge is 0.273 e. The van der Waals surface area contributed by atoms with Crippen molar-refractivity contribution in [3.05, 3.63) is 18.1 Å². The first-order valence-corrected chi connectivity index (χ1v) is 7.39. The molecule has 6 heteroatoms. The number of aromatic nitrogens is 2. The van der Waals surface area contributed by atoms with E-state index in [0.717, 1.165) is 32.0 Å². The SMILES string of the molecule is CCN1CCN(c2cncc(C(=O)N(C)C)n2)CC1(C)C. The number of nitrogens with zero attached hydrogens (tertiary/aromatic N) is 5. The Hall–Kier alpha value is -1.69. The van der Waals surface area contributed by atoms with E-state index in [1.807, 2.05) is 0 Å². The number of hydrogen-bond donors (Lipinski definition) is 0. The fourth-order valence-electron chi connectivity index (χ4n) is 2.81. The second-order valence-electron chi connectivity index (χ2n) is 6.28. The molecule has 0 saturated carbocycles. The Kier molecular flexibility index (Phi) is 4.46. The van der Waals surface area contributed by atoms with Gasteiger partial charge in [0.2, 0.25) is 0 Å². The Labute approximate surface area is 126 Å². The molecule has 1 amide bonds. The molecule has 0 atom stereocenters. The van der Waals surface area contributed by atoms with Crippen LogP contribution in [0.25, 0.3) is 0 Å². The summed E-state index contributed by atoms with van der Waals surface area (Å²) in [6.45, 7) is 10.5. The Morgan fingerprint density at radius 3 is 2.62 bits per heavy atom. The van der Waals surface area contributed by atoms with Crippen molar-refractivity contribution in [3.63, 3.8) is 0 Å². The number of anilines is 1. The van der Waals surface area contributed by atoms with Gasteiger partial charge in [-0.1, -0.05) is 6.92 Å². The minimum Gasteiger partial charge on any atom is -0.352 e. The van der Waals surface area contributed by atoms with Gasteiger partial charge >= 0.3 is 0 Å². The highest BCUT2D eigenvalue weighted by Gasteiger charge is 2.33. The average Bonchev–Trinajstić information content (AvgIpc) is 2.45. The van der Waals surface area contributed by atoms with Crippen LogP contribution in [-0.2, 0) is 0 Å². The van der Waals surface area contributed by atoms with E-state index in [2.05, 4.69) is 40.5 Å². The van der Waals surface area contributed by atoms with E-state index in [0.29, 0.717) is 5.69 Å². The van der Waals surface area contributed by atoms with Gasteiger partial charge in [0.15, 0.2) is 0 Å². The molecule has 1 fully saturated rings. The summed E-state index contributed by atoms with van der Waals surface area (Å²) in [5.74, 6) is 0.669. The minimum atomic E-state index is -0.115. The first kappa shape index (κ1) is 15.7. The molecule has 1 aliphatic heterocycles. The number of carbonyl (C=O) groups excluding carboxylic acids is 1. The second kappa shape index (κ2) is 5.97. The Bertz CT molecular complexity index is 515. The molecule has 6 nitrogen and oxygen atoms in total. The van der Waals surface area contributed by atoms with Crippen molar-refractivity contribution in [2.45, 2.75) is 26.3 Å². The molecule has 0 bridgehead atoms. The van der Waals surface area contributed by atoms with Crippen LogP contribution in [0.1, 0.15) is 31.3 Å². The third kappa shape index (κ3) is 3.32. The number of carbonyl (C=O) groups is 1. The zero-order chi connectivity index (χ0) is 15.6. The van der Waals surface area contributed by atoms with Gasteiger partial charge in [-0.25, -0.2) is 4.98 Å². The molecule has 2 rings (SSSR count). The fourth-order valence-corrected chi connectivity index (χ4v) is 2.81. The summed E-state index contributed by atoms with van der Waals surface area (Å²) >= 11 is 0. The van der Waals surface area contributed by atoms with Gasteiger partial charge in [0.1, 0.15) is 11.5 Å². The maximum atomic E-state index is 12.0. The van der Waals surface area contributed by atoms with Crippen molar-refractivity contribution < 1.29 is 4.79 Å². The Morgan fingerprint density at radius 2 is 2.05 bits per heavy atom. The molecule has 0 spiro atoms. The lowest BCUT2D eigenvalue weighted by atomic mass is 9.99. The fraction of sp³-hybridized carbons (Fsp3) is 0.667. The molecular formula is C15H25N5O. The standard InChI is InChI=1S/C15H25N5O/c1-6-20-8-7-19(11-15(20,2)3)13-10-16-9-12(17-13)14(21)18(4)5/h9-10H,6-8,11H2,1-5H3. The first-order chi connectivity index (χ1) is 9.85. The topological polar surface area (TPSA) is 52.6 Å². The van der Waals surface area contributed by atoms with Gasteiger partial charge in [-0.05, 0) is 20.4 Å². The molecule has 0 aliphatic carbocycles. The molecule has 0 aromatic carbocycles. The van der Waals surface area contributed by atoms with Crippen LogP contribution in [0.4, 0.5) is 5.82 Å². The van der Waals surface area contributed by atoms with E-state index in [1.165, 1.54) is 11.1 Å². The molecule has 1 aromatic heterocycles. The van der Waals surface area contributed by atoms with Gasteiger partial charge in [-0.2, -0.15) is 0 Å². The second-order valence-corrected chi connectivity index (χ2v) is 6.28.